The molecule has 1 aromatic carbocycles. The van der Waals surface area contributed by atoms with E-state index >= 15 is 0 Å². The van der Waals surface area contributed by atoms with Crippen LogP contribution in [0.3, 0.4) is 0 Å². The third-order valence-electron chi connectivity index (χ3n) is 5.65. The van der Waals surface area contributed by atoms with Gasteiger partial charge in [-0.2, -0.15) is 0 Å². The third-order valence-corrected chi connectivity index (χ3v) is 6.55. The normalized spacial score (nSPS) is 23.4. The van der Waals surface area contributed by atoms with E-state index < -0.39 is 0 Å². The first-order valence-corrected chi connectivity index (χ1v) is 10.4. The van der Waals surface area contributed by atoms with Crippen LogP contribution in [-0.4, -0.2) is 16.9 Å². The van der Waals surface area contributed by atoms with Crippen molar-refractivity contribution in [1.82, 2.24) is 4.98 Å². The average Bonchev–Trinajstić information content (AvgIpc) is 3.38. The van der Waals surface area contributed by atoms with E-state index in [0.29, 0.717) is 5.92 Å². The summed E-state index contributed by atoms with van der Waals surface area (Å²) in [4.78, 5) is 28.9. The molecule has 0 radical (unpaired) electrons. The molecule has 0 spiro atoms. The summed E-state index contributed by atoms with van der Waals surface area (Å²) in [5.74, 6) is 1.17. The van der Waals surface area contributed by atoms with Crippen molar-refractivity contribution in [2.24, 2.45) is 17.8 Å². The lowest BCUT2D eigenvalue weighted by Gasteiger charge is -2.19. The summed E-state index contributed by atoms with van der Waals surface area (Å²) in [6.07, 6.45) is 4.84. The molecule has 5 nitrogen and oxygen atoms in total. The van der Waals surface area contributed by atoms with Crippen LogP contribution in [0.1, 0.15) is 41.9 Å². The fraction of sp³-hybridized carbons (Fsp3) is 0.476. The predicted octanol–water partition coefficient (Wildman–Crippen LogP) is 4.11. The summed E-state index contributed by atoms with van der Waals surface area (Å²) in [7, 11) is 0. The minimum atomic E-state index is -0.0984. The van der Waals surface area contributed by atoms with E-state index in [1.807, 2.05) is 36.6 Å². The monoisotopic (exact) mass is 384 g/mol. The van der Waals surface area contributed by atoms with Gasteiger partial charge in [-0.05, 0) is 50.2 Å². The summed E-state index contributed by atoms with van der Waals surface area (Å²) >= 11 is 1.42. The van der Waals surface area contributed by atoms with Gasteiger partial charge in [-0.3, -0.25) is 9.59 Å². The van der Waals surface area contributed by atoms with Crippen LogP contribution in [0, 0.1) is 24.7 Å². The summed E-state index contributed by atoms with van der Waals surface area (Å²) < 4.78 is 5.49. The number of ether oxygens (including phenoxy) is 1. The van der Waals surface area contributed by atoms with E-state index in [1.165, 1.54) is 30.6 Å². The van der Waals surface area contributed by atoms with Crippen molar-refractivity contribution in [3.8, 4) is 0 Å². The Labute approximate surface area is 163 Å². The molecule has 2 fully saturated rings. The number of benzene rings is 1. The van der Waals surface area contributed by atoms with Crippen molar-refractivity contribution in [1.29, 1.82) is 0 Å². The van der Waals surface area contributed by atoms with Crippen LogP contribution in [0.15, 0.2) is 29.6 Å². The highest BCUT2D eigenvalue weighted by Crippen LogP contribution is 2.48. The van der Waals surface area contributed by atoms with Crippen LogP contribution in [0.25, 0.3) is 0 Å². The molecule has 27 heavy (non-hydrogen) atoms. The van der Waals surface area contributed by atoms with Crippen molar-refractivity contribution in [3.05, 3.63) is 45.9 Å². The number of esters is 1. The number of anilines is 1. The Balaban J connectivity index is 1.25. The fourth-order valence-electron chi connectivity index (χ4n) is 4.26. The summed E-state index contributed by atoms with van der Waals surface area (Å²) in [6.45, 7) is 2.20. The van der Waals surface area contributed by atoms with Gasteiger partial charge in [0.1, 0.15) is 11.6 Å². The Hall–Kier alpha value is -2.21. The van der Waals surface area contributed by atoms with Crippen LogP contribution in [0.2, 0.25) is 0 Å². The largest absolute Gasteiger partial charge is 0.459 e. The van der Waals surface area contributed by atoms with Gasteiger partial charge >= 0.3 is 5.97 Å². The Morgan fingerprint density at radius 2 is 2.04 bits per heavy atom. The number of aromatic nitrogens is 1. The molecule has 4 rings (SSSR count). The van der Waals surface area contributed by atoms with Gasteiger partial charge in [0.2, 0.25) is 5.91 Å². The zero-order valence-electron chi connectivity index (χ0n) is 15.4. The highest BCUT2D eigenvalue weighted by atomic mass is 32.1. The van der Waals surface area contributed by atoms with Gasteiger partial charge in [-0.15, -0.1) is 11.3 Å². The smallest absolute Gasteiger partial charge is 0.309 e. The molecule has 3 atom stereocenters. The Morgan fingerprint density at radius 3 is 2.74 bits per heavy atom. The van der Waals surface area contributed by atoms with Crippen molar-refractivity contribution in [2.75, 3.05) is 5.32 Å². The van der Waals surface area contributed by atoms with E-state index in [4.69, 9.17) is 4.74 Å². The van der Waals surface area contributed by atoms with Crippen molar-refractivity contribution in [2.45, 2.75) is 45.6 Å². The molecule has 2 aliphatic rings. The SMILES string of the molecule is Cc1ccc(NC(=O)Cc2nc(COC(=O)[C@@H]3C[C@H]4CC[C@H]3C4)cs2)cc1. The number of nitrogens with one attached hydrogen (secondary N) is 1. The summed E-state index contributed by atoms with van der Waals surface area (Å²) in [6, 6.07) is 7.69. The lowest BCUT2D eigenvalue weighted by atomic mass is 9.89. The molecule has 142 valence electrons. The van der Waals surface area contributed by atoms with Gasteiger partial charge in [0.25, 0.3) is 0 Å². The average molecular weight is 385 g/mol. The zero-order valence-corrected chi connectivity index (χ0v) is 16.3. The second kappa shape index (κ2) is 7.80. The second-order valence-corrected chi connectivity index (χ2v) is 8.66. The van der Waals surface area contributed by atoms with Crippen molar-refractivity contribution >= 4 is 28.9 Å². The number of aryl methyl sites for hydroxylation is 1. The van der Waals surface area contributed by atoms with E-state index in [1.54, 1.807) is 0 Å². The minimum Gasteiger partial charge on any atom is -0.459 e. The molecule has 0 saturated heterocycles. The van der Waals surface area contributed by atoms with Gasteiger partial charge in [-0.25, -0.2) is 4.98 Å². The number of carbonyl (C=O) groups excluding carboxylic acids is 2. The van der Waals surface area contributed by atoms with E-state index in [0.717, 1.165) is 34.3 Å². The Kier molecular flexibility index (Phi) is 5.25. The second-order valence-electron chi connectivity index (χ2n) is 7.71. The van der Waals surface area contributed by atoms with E-state index in [9.17, 15) is 9.59 Å². The molecule has 2 bridgehead atoms. The van der Waals surface area contributed by atoms with Gasteiger partial charge in [-0.1, -0.05) is 24.1 Å². The summed E-state index contributed by atoms with van der Waals surface area (Å²) in [5.41, 5.74) is 2.65. The molecule has 1 N–H and O–H groups in total. The fourth-order valence-corrected chi connectivity index (χ4v) is 5.04. The van der Waals surface area contributed by atoms with Crippen molar-refractivity contribution < 1.29 is 14.3 Å². The molecule has 2 aliphatic carbocycles. The number of nitrogens with zero attached hydrogens (tertiary/aromatic N) is 1. The molecule has 1 aromatic heterocycles. The number of rotatable bonds is 6. The minimum absolute atomic E-state index is 0.0751. The van der Waals surface area contributed by atoms with Crippen LogP contribution in [0.5, 0.6) is 0 Å². The topological polar surface area (TPSA) is 68.3 Å². The maximum Gasteiger partial charge on any atom is 0.309 e. The maximum absolute atomic E-state index is 12.3. The van der Waals surface area contributed by atoms with Gasteiger partial charge < -0.3 is 10.1 Å². The van der Waals surface area contributed by atoms with Gasteiger partial charge in [0, 0.05) is 11.1 Å². The quantitative estimate of drug-likeness (QED) is 0.761. The van der Waals surface area contributed by atoms with Gasteiger partial charge in [0.05, 0.1) is 18.0 Å². The number of amides is 1. The number of hydrogen-bond acceptors (Lipinski definition) is 5. The van der Waals surface area contributed by atoms with Gasteiger partial charge in [0.15, 0.2) is 0 Å². The van der Waals surface area contributed by atoms with Crippen LogP contribution in [0.4, 0.5) is 5.69 Å². The molecule has 2 saturated carbocycles. The molecular weight excluding hydrogens is 360 g/mol. The molecular formula is C21H24N2O3S. The number of fused-ring (bicyclic) bond motifs is 2. The standard InChI is InChI=1S/C21H24N2O3S/c1-13-2-6-16(7-3-13)22-19(24)10-20-23-17(12-27-20)11-26-21(25)18-9-14-4-5-15(18)8-14/h2-3,6-7,12,14-15,18H,4-5,8-11H2,1H3,(H,22,24)/t14-,15-,18+/m0/s1. The molecule has 0 unspecified atom stereocenters. The third kappa shape index (κ3) is 4.38. The highest BCUT2D eigenvalue weighted by Gasteiger charge is 2.43. The maximum atomic E-state index is 12.3. The molecule has 2 aromatic rings. The number of hydrogen-bond donors (Lipinski definition) is 1. The van der Waals surface area contributed by atoms with E-state index in [2.05, 4.69) is 10.3 Å². The molecule has 0 aliphatic heterocycles. The van der Waals surface area contributed by atoms with Crippen LogP contribution in [-0.2, 0) is 27.4 Å². The van der Waals surface area contributed by atoms with Crippen LogP contribution < -0.4 is 5.32 Å². The molecule has 1 amide bonds. The van der Waals surface area contributed by atoms with E-state index in [-0.39, 0.29) is 30.8 Å². The first kappa shape index (κ1) is 18.2. The molecule has 6 heteroatoms. The summed E-state index contributed by atoms with van der Waals surface area (Å²) in [5, 5.41) is 5.46. The zero-order chi connectivity index (χ0) is 18.8. The number of thiazole rings is 1. The molecule has 1 heterocycles. The first-order chi connectivity index (χ1) is 13.1. The lowest BCUT2D eigenvalue weighted by molar-refractivity contribution is -0.151. The first-order valence-electron chi connectivity index (χ1n) is 9.53. The Morgan fingerprint density at radius 1 is 1.22 bits per heavy atom. The number of carbonyl (C=O) groups is 2. The van der Waals surface area contributed by atoms with Crippen molar-refractivity contribution in [3.63, 3.8) is 0 Å². The highest BCUT2D eigenvalue weighted by molar-refractivity contribution is 7.09. The lowest BCUT2D eigenvalue weighted by Crippen LogP contribution is -2.23. The predicted molar refractivity (Wildman–Crippen MR) is 104 cm³/mol. The Bertz CT molecular complexity index is 830. The van der Waals surface area contributed by atoms with Crippen LogP contribution >= 0.6 is 11.3 Å².